The Balaban J connectivity index is 2.41. The van der Waals surface area contributed by atoms with Crippen LogP contribution in [0.2, 0.25) is 0 Å². The third-order valence-electron chi connectivity index (χ3n) is 7.22. The van der Waals surface area contributed by atoms with Gasteiger partial charge in [-0.1, -0.05) is 12.5 Å². The van der Waals surface area contributed by atoms with Crippen LogP contribution in [0.5, 0.6) is 0 Å². The molecule has 8 heteroatoms. The van der Waals surface area contributed by atoms with Gasteiger partial charge in [-0.05, 0) is 64.9 Å². The van der Waals surface area contributed by atoms with Crippen LogP contribution in [0.1, 0.15) is 81.1 Å². The van der Waals surface area contributed by atoms with Crippen LogP contribution in [0.25, 0.3) is 0 Å². The van der Waals surface area contributed by atoms with E-state index in [0.717, 1.165) is 5.57 Å². The highest BCUT2D eigenvalue weighted by molar-refractivity contribution is 5.97. The molecule has 0 unspecified atom stereocenters. The molecule has 1 N–H and O–H groups in total. The van der Waals surface area contributed by atoms with Crippen molar-refractivity contribution in [2.24, 2.45) is 11.3 Å². The van der Waals surface area contributed by atoms with Crippen LogP contribution in [0, 0.1) is 11.3 Å². The Bertz CT molecular complexity index is 837. The van der Waals surface area contributed by atoms with E-state index in [0.29, 0.717) is 31.3 Å². The third-order valence-corrected chi connectivity index (χ3v) is 7.22. The van der Waals surface area contributed by atoms with E-state index < -0.39 is 46.7 Å². The Morgan fingerprint density at radius 2 is 1.72 bits per heavy atom. The number of fused-ring (bicyclic) bond motifs is 1. The lowest BCUT2D eigenvalue weighted by Crippen LogP contribution is -2.62. The number of ether oxygens (including phenoxy) is 3. The van der Waals surface area contributed by atoms with E-state index in [4.69, 9.17) is 14.2 Å². The van der Waals surface area contributed by atoms with E-state index in [1.807, 2.05) is 20.8 Å². The summed E-state index contributed by atoms with van der Waals surface area (Å²) in [4.78, 5) is 49.0. The van der Waals surface area contributed by atoms with Crippen LogP contribution in [-0.2, 0) is 33.4 Å². The first kappa shape index (κ1) is 26.0. The second-order valence-corrected chi connectivity index (χ2v) is 10.1. The Kier molecular flexibility index (Phi) is 7.29. The van der Waals surface area contributed by atoms with Gasteiger partial charge in [0.15, 0.2) is 11.4 Å². The summed E-state index contributed by atoms with van der Waals surface area (Å²) in [6.45, 7) is 12.6. The molecule has 2 saturated carbocycles. The third kappa shape index (κ3) is 4.90. The van der Waals surface area contributed by atoms with Gasteiger partial charge in [0.05, 0.1) is 0 Å². The standard InChI is InChI=1S/C24H36O8/c1-13(2)17-11-19-22(6,12-18(17)27)10-9-20(24(19,8)32-16(5)26)31-21(28)23(7,29)14(3)30-15(4)25/h14,19-20,29H,9-12H2,1-8H3/t14-,19+,20+,22+,23+,24-/m0/s1. The van der Waals surface area contributed by atoms with Crippen LogP contribution >= 0.6 is 0 Å². The number of ketones is 1. The molecule has 2 aliphatic rings. The topological polar surface area (TPSA) is 116 Å². The molecule has 6 atom stereocenters. The van der Waals surface area contributed by atoms with Crippen LogP contribution < -0.4 is 0 Å². The molecule has 0 saturated heterocycles. The fourth-order valence-corrected chi connectivity index (χ4v) is 5.17. The number of esters is 3. The van der Waals surface area contributed by atoms with Crippen LogP contribution in [0.3, 0.4) is 0 Å². The van der Waals surface area contributed by atoms with Crippen molar-refractivity contribution in [1.82, 2.24) is 0 Å². The van der Waals surface area contributed by atoms with Gasteiger partial charge >= 0.3 is 17.9 Å². The molecule has 0 heterocycles. The number of carbonyl (C=O) groups is 4. The monoisotopic (exact) mass is 452 g/mol. The van der Waals surface area contributed by atoms with Crippen molar-refractivity contribution < 1.29 is 38.5 Å². The number of allylic oxidation sites excluding steroid dienone is 2. The quantitative estimate of drug-likeness (QED) is 0.384. The van der Waals surface area contributed by atoms with Crippen LogP contribution in [-0.4, -0.2) is 52.2 Å². The molecule has 0 bridgehead atoms. The number of Topliss-reactive ketones (excluding diaryl/α,β-unsaturated/α-hetero) is 1. The van der Waals surface area contributed by atoms with Crippen molar-refractivity contribution in [3.05, 3.63) is 11.1 Å². The minimum atomic E-state index is -2.09. The maximum absolute atomic E-state index is 12.9. The predicted octanol–water partition coefficient (Wildman–Crippen LogP) is 3.04. The van der Waals surface area contributed by atoms with Crippen molar-refractivity contribution in [3.8, 4) is 0 Å². The van der Waals surface area contributed by atoms with Crippen molar-refractivity contribution in [2.45, 2.75) is 104 Å². The SMILES string of the molecule is CC(=O)O[C@@H](C)[C@@](C)(O)C(=O)O[C@@H]1CC[C@]2(C)CC(=O)C(=C(C)C)C[C@H]2[C@]1(C)OC(C)=O. The summed E-state index contributed by atoms with van der Waals surface area (Å²) in [7, 11) is 0. The molecule has 2 fully saturated rings. The first-order valence-corrected chi connectivity index (χ1v) is 11.0. The minimum absolute atomic E-state index is 0.0995. The van der Waals surface area contributed by atoms with Gasteiger partial charge in [-0.15, -0.1) is 0 Å². The van der Waals surface area contributed by atoms with Gasteiger partial charge < -0.3 is 19.3 Å². The molecular weight excluding hydrogens is 416 g/mol. The summed E-state index contributed by atoms with van der Waals surface area (Å²) in [6, 6.07) is 0. The molecule has 2 rings (SSSR count). The molecule has 8 nitrogen and oxygen atoms in total. The van der Waals surface area contributed by atoms with Gasteiger partial charge in [-0.2, -0.15) is 0 Å². The number of aliphatic hydroxyl groups is 1. The first-order valence-electron chi connectivity index (χ1n) is 11.0. The zero-order chi connectivity index (χ0) is 24.6. The Labute approximate surface area is 189 Å². The fraction of sp³-hybridized carbons (Fsp3) is 0.750. The zero-order valence-corrected chi connectivity index (χ0v) is 20.4. The average molecular weight is 453 g/mol. The average Bonchev–Trinajstić information content (AvgIpc) is 2.62. The van der Waals surface area contributed by atoms with Crippen molar-refractivity contribution in [3.63, 3.8) is 0 Å². The van der Waals surface area contributed by atoms with Crippen molar-refractivity contribution in [2.75, 3.05) is 0 Å². The van der Waals surface area contributed by atoms with E-state index in [1.165, 1.54) is 27.7 Å². The number of hydrogen-bond donors (Lipinski definition) is 1. The summed E-state index contributed by atoms with van der Waals surface area (Å²) in [5.74, 6) is -2.28. The molecule has 0 aliphatic heterocycles. The van der Waals surface area contributed by atoms with E-state index >= 15 is 0 Å². The molecule has 0 amide bonds. The summed E-state index contributed by atoms with van der Waals surface area (Å²) < 4.78 is 16.5. The second kappa shape index (κ2) is 8.96. The maximum atomic E-state index is 12.9. The minimum Gasteiger partial charge on any atom is -0.459 e. The molecule has 0 radical (unpaired) electrons. The van der Waals surface area contributed by atoms with E-state index in [2.05, 4.69) is 0 Å². The number of carbonyl (C=O) groups excluding carboxylic acids is 4. The van der Waals surface area contributed by atoms with Gasteiger partial charge in [-0.3, -0.25) is 14.4 Å². The molecule has 0 aromatic heterocycles. The van der Waals surface area contributed by atoms with Gasteiger partial charge in [0.1, 0.15) is 17.8 Å². The highest BCUT2D eigenvalue weighted by atomic mass is 16.6. The normalized spacial score (nSPS) is 32.8. The lowest BCUT2D eigenvalue weighted by molar-refractivity contribution is -0.228. The lowest BCUT2D eigenvalue weighted by atomic mass is 9.53. The van der Waals surface area contributed by atoms with Gasteiger partial charge in [0.25, 0.3) is 0 Å². The fourth-order valence-electron chi connectivity index (χ4n) is 5.17. The van der Waals surface area contributed by atoms with E-state index in [9.17, 15) is 24.3 Å². The van der Waals surface area contributed by atoms with E-state index in [-0.39, 0.29) is 11.7 Å². The molecule has 0 aromatic carbocycles. The summed E-state index contributed by atoms with van der Waals surface area (Å²) >= 11 is 0. The molecule has 32 heavy (non-hydrogen) atoms. The zero-order valence-electron chi connectivity index (χ0n) is 20.4. The molecular formula is C24H36O8. The number of hydrogen-bond acceptors (Lipinski definition) is 8. The smallest absolute Gasteiger partial charge is 0.342 e. The summed E-state index contributed by atoms with van der Waals surface area (Å²) in [6.07, 6.45) is -0.272. The van der Waals surface area contributed by atoms with Crippen molar-refractivity contribution >= 4 is 23.7 Å². The molecule has 0 aromatic rings. The Hall–Kier alpha value is -2.22. The Morgan fingerprint density at radius 1 is 1.12 bits per heavy atom. The lowest BCUT2D eigenvalue weighted by Gasteiger charge is -2.56. The highest BCUT2D eigenvalue weighted by Crippen LogP contribution is 2.56. The molecule has 180 valence electrons. The Morgan fingerprint density at radius 3 is 2.22 bits per heavy atom. The second-order valence-electron chi connectivity index (χ2n) is 10.1. The van der Waals surface area contributed by atoms with Crippen molar-refractivity contribution in [1.29, 1.82) is 0 Å². The summed E-state index contributed by atoms with van der Waals surface area (Å²) in [5.41, 5.74) is -2.07. The summed E-state index contributed by atoms with van der Waals surface area (Å²) in [5, 5.41) is 10.7. The van der Waals surface area contributed by atoms with E-state index in [1.54, 1.807) is 6.92 Å². The molecule has 2 aliphatic carbocycles. The highest BCUT2D eigenvalue weighted by Gasteiger charge is 2.60. The molecule has 0 spiro atoms. The van der Waals surface area contributed by atoms with Gasteiger partial charge in [0, 0.05) is 26.2 Å². The van der Waals surface area contributed by atoms with Crippen LogP contribution in [0.4, 0.5) is 0 Å². The van der Waals surface area contributed by atoms with Gasteiger partial charge in [0.2, 0.25) is 0 Å². The van der Waals surface area contributed by atoms with Gasteiger partial charge in [-0.25, -0.2) is 4.79 Å². The van der Waals surface area contributed by atoms with Crippen LogP contribution in [0.15, 0.2) is 11.1 Å². The first-order chi connectivity index (χ1) is 14.5. The number of rotatable bonds is 5. The maximum Gasteiger partial charge on any atom is 0.342 e. The largest absolute Gasteiger partial charge is 0.459 e. The predicted molar refractivity (Wildman–Crippen MR) is 115 cm³/mol.